The Kier molecular flexibility index (Phi) is 7.93. The van der Waals surface area contributed by atoms with Gasteiger partial charge >= 0.3 is 0 Å². The molecular weight excluding hydrogens is 398 g/mol. The van der Waals surface area contributed by atoms with Crippen LogP contribution in [0.3, 0.4) is 0 Å². The molecule has 0 saturated carbocycles. The van der Waals surface area contributed by atoms with Crippen LogP contribution in [-0.4, -0.2) is 62.8 Å². The van der Waals surface area contributed by atoms with Crippen LogP contribution < -0.4 is 5.32 Å². The van der Waals surface area contributed by atoms with E-state index in [1.165, 1.54) is 30.2 Å². The fourth-order valence-corrected chi connectivity index (χ4v) is 5.88. The average molecular weight is 436 g/mol. The Bertz CT molecular complexity index is 824. The molecule has 7 heteroatoms. The summed E-state index contributed by atoms with van der Waals surface area (Å²) in [7, 11) is -3.49. The van der Waals surface area contributed by atoms with Crippen LogP contribution in [0.5, 0.6) is 0 Å². The zero-order valence-electron chi connectivity index (χ0n) is 18.7. The number of carbonyl (C=O) groups excluding carboxylic acids is 1. The maximum atomic E-state index is 12.9. The lowest BCUT2D eigenvalue weighted by Crippen LogP contribution is -2.43. The van der Waals surface area contributed by atoms with E-state index in [9.17, 15) is 13.2 Å². The van der Waals surface area contributed by atoms with Crippen molar-refractivity contribution in [3.8, 4) is 0 Å². The predicted molar refractivity (Wildman–Crippen MR) is 120 cm³/mol. The Labute approximate surface area is 182 Å². The normalized spacial score (nSPS) is 20.4. The molecule has 6 nitrogen and oxygen atoms in total. The monoisotopic (exact) mass is 435 g/mol. The van der Waals surface area contributed by atoms with Crippen LogP contribution in [0.25, 0.3) is 0 Å². The molecule has 0 bridgehead atoms. The van der Waals surface area contributed by atoms with E-state index in [0.29, 0.717) is 37.4 Å². The average Bonchev–Trinajstić information content (AvgIpc) is 2.74. The molecule has 30 heavy (non-hydrogen) atoms. The Hall–Kier alpha value is -1.44. The fraction of sp³-hybridized carbons (Fsp3) is 0.696. The molecule has 1 N–H and O–H groups in total. The molecule has 2 fully saturated rings. The third-order valence-electron chi connectivity index (χ3n) is 6.77. The minimum absolute atomic E-state index is 0.0745. The molecular formula is C23H37N3O3S. The number of likely N-dealkylation sites (tertiary alicyclic amines) is 1. The lowest BCUT2D eigenvalue weighted by atomic mass is 9.97. The van der Waals surface area contributed by atoms with Crippen molar-refractivity contribution in [1.29, 1.82) is 0 Å². The van der Waals surface area contributed by atoms with E-state index in [-0.39, 0.29) is 11.8 Å². The van der Waals surface area contributed by atoms with Gasteiger partial charge in [0.2, 0.25) is 15.9 Å². The minimum Gasteiger partial charge on any atom is -0.356 e. The van der Waals surface area contributed by atoms with Crippen LogP contribution >= 0.6 is 0 Å². The highest BCUT2D eigenvalue weighted by Gasteiger charge is 2.32. The Morgan fingerprint density at radius 1 is 1.03 bits per heavy atom. The standard InChI is InChI=1S/C23H37N3O3S/c1-18-7-13-25(14-8-18)12-4-11-24-23(27)21-9-15-26(16-10-21)30(28,29)22-6-5-19(2)20(3)17-22/h5-6,17-18,21H,4,7-16H2,1-3H3,(H,24,27). The SMILES string of the molecule is Cc1ccc(S(=O)(=O)N2CCC(C(=O)NCCCN3CCC(C)CC3)CC2)cc1C. The van der Waals surface area contributed by atoms with E-state index in [2.05, 4.69) is 17.1 Å². The van der Waals surface area contributed by atoms with Crippen molar-refractivity contribution < 1.29 is 13.2 Å². The summed E-state index contributed by atoms with van der Waals surface area (Å²) < 4.78 is 27.4. The molecule has 0 aromatic heterocycles. The lowest BCUT2D eigenvalue weighted by Gasteiger charge is -2.31. The predicted octanol–water partition coefficient (Wildman–Crippen LogP) is 2.94. The van der Waals surface area contributed by atoms with Crippen molar-refractivity contribution in [3.63, 3.8) is 0 Å². The zero-order valence-corrected chi connectivity index (χ0v) is 19.5. The number of benzene rings is 1. The second-order valence-corrected chi connectivity index (χ2v) is 11.0. The maximum absolute atomic E-state index is 12.9. The summed E-state index contributed by atoms with van der Waals surface area (Å²) in [6, 6.07) is 5.28. The summed E-state index contributed by atoms with van der Waals surface area (Å²) in [5.74, 6) is 0.822. The molecule has 168 valence electrons. The first kappa shape index (κ1) is 23.2. The van der Waals surface area contributed by atoms with Gasteiger partial charge in [0.25, 0.3) is 0 Å². The minimum atomic E-state index is -3.49. The Morgan fingerprint density at radius 2 is 1.70 bits per heavy atom. The van der Waals surface area contributed by atoms with Gasteiger partial charge in [-0.05, 0) is 94.8 Å². The number of carbonyl (C=O) groups is 1. The molecule has 3 rings (SSSR count). The molecule has 1 aromatic carbocycles. The van der Waals surface area contributed by atoms with Gasteiger partial charge < -0.3 is 10.2 Å². The second kappa shape index (κ2) is 10.2. The van der Waals surface area contributed by atoms with Gasteiger partial charge in [-0.1, -0.05) is 13.0 Å². The number of nitrogens with zero attached hydrogens (tertiary/aromatic N) is 2. The number of hydrogen-bond acceptors (Lipinski definition) is 4. The van der Waals surface area contributed by atoms with E-state index < -0.39 is 10.0 Å². The van der Waals surface area contributed by atoms with E-state index in [0.717, 1.165) is 30.0 Å². The molecule has 2 heterocycles. The smallest absolute Gasteiger partial charge is 0.243 e. The second-order valence-electron chi connectivity index (χ2n) is 9.09. The maximum Gasteiger partial charge on any atom is 0.243 e. The number of aryl methyl sites for hydroxylation is 2. The van der Waals surface area contributed by atoms with Crippen LogP contribution in [0.1, 0.15) is 50.2 Å². The van der Waals surface area contributed by atoms with Crippen LogP contribution in [-0.2, 0) is 14.8 Å². The van der Waals surface area contributed by atoms with E-state index in [1.54, 1.807) is 12.1 Å². The van der Waals surface area contributed by atoms with E-state index in [1.807, 2.05) is 19.9 Å². The summed E-state index contributed by atoms with van der Waals surface area (Å²) >= 11 is 0. The molecule has 0 aliphatic carbocycles. The first-order valence-corrected chi connectivity index (χ1v) is 12.8. The Morgan fingerprint density at radius 3 is 2.33 bits per heavy atom. The third-order valence-corrected chi connectivity index (χ3v) is 8.66. The molecule has 0 spiro atoms. The number of amides is 1. The van der Waals surface area contributed by atoms with E-state index in [4.69, 9.17) is 0 Å². The van der Waals surface area contributed by atoms with Crippen LogP contribution in [0.4, 0.5) is 0 Å². The lowest BCUT2D eigenvalue weighted by molar-refractivity contribution is -0.126. The van der Waals surface area contributed by atoms with Crippen molar-refractivity contribution in [2.45, 2.75) is 57.8 Å². The van der Waals surface area contributed by atoms with Gasteiger partial charge in [-0.25, -0.2) is 8.42 Å². The first-order valence-electron chi connectivity index (χ1n) is 11.3. The number of sulfonamides is 1. The summed E-state index contributed by atoms with van der Waals surface area (Å²) in [5, 5.41) is 3.07. The highest BCUT2D eigenvalue weighted by molar-refractivity contribution is 7.89. The van der Waals surface area contributed by atoms with Gasteiger partial charge in [-0.3, -0.25) is 4.79 Å². The van der Waals surface area contributed by atoms with Gasteiger partial charge in [0.15, 0.2) is 0 Å². The topological polar surface area (TPSA) is 69.7 Å². The Balaban J connectivity index is 1.41. The molecule has 1 aromatic rings. The van der Waals surface area contributed by atoms with Crippen LogP contribution in [0.2, 0.25) is 0 Å². The quantitative estimate of drug-likeness (QED) is 0.669. The summed E-state index contributed by atoms with van der Waals surface area (Å²) in [6.07, 6.45) is 4.69. The number of piperidine rings is 2. The fourth-order valence-electron chi connectivity index (χ4n) is 4.33. The first-order chi connectivity index (χ1) is 14.3. The summed E-state index contributed by atoms with van der Waals surface area (Å²) in [4.78, 5) is 15.3. The number of hydrogen-bond donors (Lipinski definition) is 1. The molecule has 0 unspecified atom stereocenters. The van der Waals surface area contributed by atoms with Crippen molar-refractivity contribution in [2.75, 3.05) is 39.3 Å². The van der Waals surface area contributed by atoms with Gasteiger partial charge in [0.05, 0.1) is 4.90 Å². The van der Waals surface area contributed by atoms with Gasteiger partial charge in [-0.2, -0.15) is 4.31 Å². The van der Waals surface area contributed by atoms with Crippen molar-refractivity contribution >= 4 is 15.9 Å². The third kappa shape index (κ3) is 5.83. The summed E-state index contributed by atoms with van der Waals surface area (Å²) in [5.41, 5.74) is 2.06. The molecule has 0 atom stereocenters. The van der Waals surface area contributed by atoms with Gasteiger partial charge in [0.1, 0.15) is 0 Å². The highest BCUT2D eigenvalue weighted by atomic mass is 32.2. The van der Waals surface area contributed by atoms with Crippen LogP contribution in [0.15, 0.2) is 23.1 Å². The largest absolute Gasteiger partial charge is 0.356 e. The molecule has 0 radical (unpaired) electrons. The molecule has 2 aliphatic rings. The van der Waals surface area contributed by atoms with Crippen molar-refractivity contribution in [2.24, 2.45) is 11.8 Å². The van der Waals surface area contributed by atoms with Crippen LogP contribution in [0, 0.1) is 25.7 Å². The number of nitrogens with one attached hydrogen (secondary N) is 1. The van der Waals surface area contributed by atoms with Gasteiger partial charge in [-0.15, -0.1) is 0 Å². The van der Waals surface area contributed by atoms with E-state index >= 15 is 0 Å². The molecule has 2 saturated heterocycles. The van der Waals surface area contributed by atoms with Crippen molar-refractivity contribution in [1.82, 2.24) is 14.5 Å². The summed E-state index contributed by atoms with van der Waals surface area (Å²) in [6.45, 7) is 11.1. The molecule has 1 amide bonds. The van der Waals surface area contributed by atoms with Crippen molar-refractivity contribution in [3.05, 3.63) is 29.3 Å². The zero-order chi connectivity index (χ0) is 21.7. The number of rotatable bonds is 7. The highest BCUT2D eigenvalue weighted by Crippen LogP contribution is 2.25. The molecule has 2 aliphatic heterocycles. The van der Waals surface area contributed by atoms with Gasteiger partial charge in [0, 0.05) is 25.6 Å².